The van der Waals surface area contributed by atoms with Crippen molar-refractivity contribution >= 4 is 0 Å². The van der Waals surface area contributed by atoms with Crippen LogP contribution in [0.5, 0.6) is 0 Å². The van der Waals surface area contributed by atoms with Crippen LogP contribution < -0.4 is 5.73 Å². The van der Waals surface area contributed by atoms with Crippen LogP contribution in [0.1, 0.15) is 13.3 Å². The van der Waals surface area contributed by atoms with Crippen molar-refractivity contribution in [1.29, 1.82) is 0 Å². The lowest BCUT2D eigenvalue weighted by atomic mass is 10.1. The van der Waals surface area contributed by atoms with Gasteiger partial charge in [-0.25, -0.2) is 0 Å². The van der Waals surface area contributed by atoms with Crippen LogP contribution in [0, 0.1) is 0 Å². The first-order chi connectivity index (χ1) is 6.26. The molecule has 1 rings (SSSR count). The molecule has 6 heteroatoms. The van der Waals surface area contributed by atoms with Gasteiger partial charge in [0.05, 0.1) is 5.60 Å². The molecule has 0 radical (unpaired) electrons. The molecule has 0 aromatic heterocycles. The van der Waals surface area contributed by atoms with Crippen LogP contribution in [0.4, 0.5) is 13.2 Å². The Bertz CT molecular complexity index is 205. The maximum Gasteiger partial charge on any atom is 0.405 e. The number of likely N-dealkylation sites (tertiary alicyclic amines) is 1. The molecular weight excluding hydrogens is 197 g/mol. The van der Waals surface area contributed by atoms with Crippen molar-refractivity contribution < 1.29 is 18.3 Å². The standard InChI is InChI=1S/C8H15F3N2O/c1-7(14)2-3-13(5-7)6(4-12)8(9,10)11/h6,14H,2-5,12H2,1H3. The van der Waals surface area contributed by atoms with Crippen LogP contribution in [-0.2, 0) is 0 Å². The highest BCUT2D eigenvalue weighted by molar-refractivity contribution is 4.92. The summed E-state index contributed by atoms with van der Waals surface area (Å²) in [7, 11) is 0. The van der Waals surface area contributed by atoms with Crippen molar-refractivity contribution in [3.05, 3.63) is 0 Å². The summed E-state index contributed by atoms with van der Waals surface area (Å²) in [5.41, 5.74) is 4.07. The first kappa shape index (κ1) is 11.7. The number of halogens is 3. The molecule has 0 spiro atoms. The van der Waals surface area contributed by atoms with E-state index in [9.17, 15) is 18.3 Å². The van der Waals surface area contributed by atoms with Gasteiger partial charge in [-0.15, -0.1) is 0 Å². The number of aliphatic hydroxyl groups is 1. The molecule has 1 aliphatic heterocycles. The van der Waals surface area contributed by atoms with E-state index >= 15 is 0 Å². The molecule has 3 nitrogen and oxygen atoms in total. The number of hydrogen-bond donors (Lipinski definition) is 2. The van der Waals surface area contributed by atoms with E-state index in [-0.39, 0.29) is 13.1 Å². The van der Waals surface area contributed by atoms with E-state index in [1.54, 1.807) is 0 Å². The molecule has 1 saturated heterocycles. The summed E-state index contributed by atoms with van der Waals surface area (Å²) in [6.45, 7) is 1.36. The monoisotopic (exact) mass is 212 g/mol. The zero-order chi connectivity index (χ0) is 11.0. The summed E-state index contributed by atoms with van der Waals surface area (Å²) in [6, 6.07) is -1.63. The molecule has 0 amide bonds. The lowest BCUT2D eigenvalue weighted by Crippen LogP contribution is -2.50. The largest absolute Gasteiger partial charge is 0.405 e. The number of rotatable bonds is 2. The van der Waals surface area contributed by atoms with E-state index in [1.807, 2.05) is 0 Å². The molecule has 1 fully saturated rings. The van der Waals surface area contributed by atoms with Crippen LogP contribution in [-0.4, -0.2) is 47.5 Å². The fourth-order valence-electron chi connectivity index (χ4n) is 1.74. The minimum atomic E-state index is -4.31. The minimum Gasteiger partial charge on any atom is -0.389 e. The number of nitrogens with two attached hydrogens (primary N) is 1. The van der Waals surface area contributed by atoms with Crippen molar-refractivity contribution in [2.75, 3.05) is 19.6 Å². The van der Waals surface area contributed by atoms with Crippen molar-refractivity contribution in [2.45, 2.75) is 31.2 Å². The van der Waals surface area contributed by atoms with Crippen LogP contribution in [0.2, 0.25) is 0 Å². The Kier molecular flexibility index (Phi) is 3.08. The maximum atomic E-state index is 12.4. The third kappa shape index (κ3) is 2.59. The van der Waals surface area contributed by atoms with Gasteiger partial charge in [-0.1, -0.05) is 0 Å². The fourth-order valence-corrected chi connectivity index (χ4v) is 1.74. The molecule has 0 bridgehead atoms. The van der Waals surface area contributed by atoms with Crippen LogP contribution in [0.25, 0.3) is 0 Å². The molecule has 3 N–H and O–H groups in total. The Balaban J connectivity index is 2.65. The molecule has 0 aromatic rings. The third-order valence-corrected chi connectivity index (χ3v) is 2.52. The minimum absolute atomic E-state index is 0.0361. The van der Waals surface area contributed by atoms with Gasteiger partial charge in [0.15, 0.2) is 0 Å². The van der Waals surface area contributed by atoms with E-state index < -0.39 is 24.4 Å². The van der Waals surface area contributed by atoms with Crippen LogP contribution >= 0.6 is 0 Å². The van der Waals surface area contributed by atoms with Crippen molar-refractivity contribution in [3.8, 4) is 0 Å². The Labute approximate surface area is 80.7 Å². The summed E-state index contributed by atoms with van der Waals surface area (Å²) >= 11 is 0. The average molecular weight is 212 g/mol. The number of hydrogen-bond acceptors (Lipinski definition) is 3. The zero-order valence-corrected chi connectivity index (χ0v) is 8.01. The molecule has 1 aliphatic rings. The Hall–Kier alpha value is -0.330. The quantitative estimate of drug-likeness (QED) is 0.693. The topological polar surface area (TPSA) is 49.5 Å². The lowest BCUT2D eigenvalue weighted by Gasteiger charge is -2.29. The highest BCUT2D eigenvalue weighted by Crippen LogP contribution is 2.30. The highest BCUT2D eigenvalue weighted by Gasteiger charge is 2.46. The van der Waals surface area contributed by atoms with E-state index in [1.165, 1.54) is 11.8 Å². The molecule has 2 atom stereocenters. The third-order valence-electron chi connectivity index (χ3n) is 2.52. The molecule has 0 saturated carbocycles. The summed E-state index contributed by atoms with van der Waals surface area (Å²) < 4.78 is 37.3. The zero-order valence-electron chi connectivity index (χ0n) is 8.01. The first-order valence-corrected chi connectivity index (χ1v) is 4.49. The smallest absolute Gasteiger partial charge is 0.389 e. The van der Waals surface area contributed by atoms with Crippen LogP contribution in [0.15, 0.2) is 0 Å². The Morgan fingerprint density at radius 2 is 2.14 bits per heavy atom. The lowest BCUT2D eigenvalue weighted by molar-refractivity contribution is -0.179. The Morgan fingerprint density at radius 1 is 1.57 bits per heavy atom. The van der Waals surface area contributed by atoms with Gasteiger partial charge in [0.1, 0.15) is 6.04 Å². The predicted octanol–water partition coefficient (Wildman–Crippen LogP) is 0.333. The van der Waals surface area contributed by atoms with Gasteiger partial charge in [0.25, 0.3) is 0 Å². The second kappa shape index (κ2) is 3.67. The van der Waals surface area contributed by atoms with E-state index in [2.05, 4.69) is 0 Å². The van der Waals surface area contributed by atoms with Crippen molar-refractivity contribution in [2.24, 2.45) is 5.73 Å². The van der Waals surface area contributed by atoms with Crippen molar-refractivity contribution in [1.82, 2.24) is 4.90 Å². The predicted molar refractivity (Wildman–Crippen MR) is 45.7 cm³/mol. The number of nitrogens with zero attached hydrogens (tertiary/aromatic N) is 1. The number of alkyl halides is 3. The van der Waals surface area contributed by atoms with Gasteiger partial charge in [0.2, 0.25) is 0 Å². The molecule has 2 unspecified atom stereocenters. The van der Waals surface area contributed by atoms with Gasteiger partial charge < -0.3 is 10.8 Å². The molecule has 84 valence electrons. The molecular formula is C8H15F3N2O. The highest BCUT2D eigenvalue weighted by atomic mass is 19.4. The SMILES string of the molecule is CC1(O)CCN(C(CN)C(F)(F)F)C1. The van der Waals surface area contributed by atoms with Crippen molar-refractivity contribution in [3.63, 3.8) is 0 Å². The summed E-state index contributed by atoms with van der Waals surface area (Å²) in [6.07, 6.45) is -3.95. The fraction of sp³-hybridized carbons (Fsp3) is 1.00. The van der Waals surface area contributed by atoms with Gasteiger partial charge in [-0.3, -0.25) is 4.90 Å². The van der Waals surface area contributed by atoms with Gasteiger partial charge >= 0.3 is 6.18 Å². The molecule has 1 heterocycles. The average Bonchev–Trinajstić information content (AvgIpc) is 2.29. The van der Waals surface area contributed by atoms with Gasteiger partial charge in [-0.05, 0) is 13.3 Å². The summed E-state index contributed by atoms with van der Waals surface area (Å²) in [4.78, 5) is 1.19. The molecule has 0 aliphatic carbocycles. The normalized spacial score (nSPS) is 32.1. The second-order valence-corrected chi connectivity index (χ2v) is 4.01. The molecule has 14 heavy (non-hydrogen) atoms. The molecule has 0 aromatic carbocycles. The number of β-amino-alcohol motifs (C(OH)–C–C–N with tert-alkyl or cyclic N) is 1. The first-order valence-electron chi connectivity index (χ1n) is 4.49. The van der Waals surface area contributed by atoms with E-state index in [0.717, 1.165) is 0 Å². The summed E-state index contributed by atoms with van der Waals surface area (Å²) in [5.74, 6) is 0. The van der Waals surface area contributed by atoms with Gasteiger partial charge in [0, 0.05) is 19.6 Å². The van der Waals surface area contributed by atoms with E-state index in [4.69, 9.17) is 5.73 Å². The van der Waals surface area contributed by atoms with Crippen LogP contribution in [0.3, 0.4) is 0 Å². The summed E-state index contributed by atoms with van der Waals surface area (Å²) in [5, 5.41) is 9.53. The van der Waals surface area contributed by atoms with E-state index in [0.29, 0.717) is 6.42 Å². The maximum absolute atomic E-state index is 12.4. The van der Waals surface area contributed by atoms with Gasteiger partial charge in [-0.2, -0.15) is 13.2 Å². The second-order valence-electron chi connectivity index (χ2n) is 4.01. The Morgan fingerprint density at radius 3 is 2.43 bits per heavy atom.